The van der Waals surface area contributed by atoms with Gasteiger partial charge in [0.15, 0.2) is 0 Å². The summed E-state index contributed by atoms with van der Waals surface area (Å²) in [5, 5.41) is 15.4. The average molecular weight is 387 g/mol. The molecule has 0 saturated heterocycles. The molecule has 1 aromatic heterocycles. The molecule has 0 aliphatic heterocycles. The van der Waals surface area contributed by atoms with Crippen LogP contribution in [0.5, 0.6) is 0 Å². The van der Waals surface area contributed by atoms with Gasteiger partial charge in [0.25, 0.3) is 0 Å². The second-order valence-electron chi connectivity index (χ2n) is 6.74. The van der Waals surface area contributed by atoms with Gasteiger partial charge in [-0.15, -0.1) is 0 Å². The van der Waals surface area contributed by atoms with E-state index in [1.807, 2.05) is 0 Å². The second kappa shape index (κ2) is 8.39. The molecule has 2 aromatic carbocycles. The maximum Gasteiger partial charge on any atom is 0.137 e. The topological polar surface area (TPSA) is 50.9 Å². The van der Waals surface area contributed by atoms with Gasteiger partial charge >= 0.3 is 0 Å². The number of nitrogens with zero attached hydrogens (tertiary/aromatic N) is 3. The van der Waals surface area contributed by atoms with Crippen molar-refractivity contribution in [3.8, 4) is 0 Å². The quantitative estimate of drug-likeness (QED) is 0.657. The molecule has 28 heavy (non-hydrogen) atoms. The zero-order chi connectivity index (χ0) is 20.1. The Labute approximate surface area is 161 Å². The Morgan fingerprint density at radius 3 is 2.61 bits per heavy atom. The van der Waals surface area contributed by atoms with Gasteiger partial charge in [-0.2, -0.15) is 5.10 Å². The normalized spacial score (nSPS) is 14.9. The van der Waals surface area contributed by atoms with Crippen molar-refractivity contribution in [2.45, 2.75) is 25.5 Å². The van der Waals surface area contributed by atoms with Crippen LogP contribution in [-0.2, 0) is 12.1 Å². The summed E-state index contributed by atoms with van der Waals surface area (Å²) in [6, 6.07) is 9.21. The summed E-state index contributed by atoms with van der Waals surface area (Å²) >= 11 is 0. The van der Waals surface area contributed by atoms with Gasteiger partial charge in [-0.25, -0.2) is 22.8 Å². The molecule has 2 atom stereocenters. The zero-order valence-electron chi connectivity index (χ0n) is 15.3. The molecule has 0 amide bonds. The molecule has 0 radical (unpaired) electrons. The molecule has 0 bridgehead atoms. The molecular weight excluding hydrogens is 367 g/mol. The summed E-state index contributed by atoms with van der Waals surface area (Å²) in [6.45, 7) is 1.71. The van der Waals surface area contributed by atoms with Crippen LogP contribution in [0.1, 0.15) is 24.5 Å². The third-order valence-electron chi connectivity index (χ3n) is 4.73. The molecule has 0 saturated carbocycles. The van der Waals surface area contributed by atoms with Crippen molar-refractivity contribution in [1.82, 2.24) is 14.8 Å². The van der Waals surface area contributed by atoms with E-state index in [4.69, 9.17) is 0 Å². The molecule has 3 aromatic rings. The first-order chi connectivity index (χ1) is 13.4. The number of rotatable bonds is 7. The fraction of sp³-hybridized carbons (Fsp3) is 0.238. The Balaban J connectivity index is 1.87. The van der Waals surface area contributed by atoms with Crippen LogP contribution in [0.25, 0.3) is 6.08 Å². The first-order valence-corrected chi connectivity index (χ1v) is 8.81. The number of hydrogen-bond acceptors (Lipinski definition) is 3. The second-order valence-corrected chi connectivity index (χ2v) is 6.74. The molecule has 1 heterocycles. The predicted octanol–water partition coefficient (Wildman–Crippen LogP) is 4.32. The standard InChI is InChI=1S/C21H20F3N3O/c1-15(4-2-5-16-6-3-7-17(22)10-16)21(28,12-27-14-25-13-26-27)19-9-8-18(23)11-20(19)24/h2-3,5-11,13-15,28H,4,12H2,1H3/b5-2+/t15-,21+/m0/s1. The van der Waals surface area contributed by atoms with Crippen molar-refractivity contribution in [1.29, 1.82) is 0 Å². The summed E-state index contributed by atoms with van der Waals surface area (Å²) in [5.41, 5.74) is -0.992. The van der Waals surface area contributed by atoms with Gasteiger partial charge in [-0.05, 0) is 36.1 Å². The number of aliphatic hydroxyl groups is 1. The predicted molar refractivity (Wildman–Crippen MR) is 99.5 cm³/mol. The number of hydrogen-bond donors (Lipinski definition) is 1. The van der Waals surface area contributed by atoms with Crippen LogP contribution in [0, 0.1) is 23.4 Å². The van der Waals surface area contributed by atoms with Crippen molar-refractivity contribution in [2.75, 3.05) is 0 Å². The van der Waals surface area contributed by atoms with E-state index in [0.29, 0.717) is 12.0 Å². The highest BCUT2D eigenvalue weighted by Crippen LogP contribution is 2.35. The molecule has 4 nitrogen and oxygen atoms in total. The Kier molecular flexibility index (Phi) is 5.94. The number of halogens is 3. The molecule has 0 unspecified atom stereocenters. The van der Waals surface area contributed by atoms with Gasteiger partial charge in [0, 0.05) is 11.6 Å². The lowest BCUT2D eigenvalue weighted by Crippen LogP contribution is -2.39. The minimum atomic E-state index is -1.65. The minimum absolute atomic E-state index is 0.0175. The maximum absolute atomic E-state index is 14.5. The van der Waals surface area contributed by atoms with Crippen LogP contribution < -0.4 is 0 Å². The molecule has 0 aliphatic rings. The van der Waals surface area contributed by atoms with Crippen molar-refractivity contribution < 1.29 is 18.3 Å². The number of allylic oxidation sites excluding steroid dienone is 1. The highest BCUT2D eigenvalue weighted by Gasteiger charge is 2.38. The molecule has 7 heteroatoms. The third-order valence-corrected chi connectivity index (χ3v) is 4.73. The number of aromatic nitrogens is 3. The summed E-state index contributed by atoms with van der Waals surface area (Å²) in [6.07, 6.45) is 6.62. The Morgan fingerprint density at radius 1 is 1.14 bits per heavy atom. The van der Waals surface area contributed by atoms with Crippen LogP contribution in [-0.4, -0.2) is 19.9 Å². The fourth-order valence-corrected chi connectivity index (χ4v) is 3.12. The van der Waals surface area contributed by atoms with Crippen molar-refractivity contribution in [3.63, 3.8) is 0 Å². The Morgan fingerprint density at radius 2 is 1.93 bits per heavy atom. The SMILES string of the molecule is C[C@@H](C/C=C/c1cccc(F)c1)[C@](O)(Cn1cncn1)c1ccc(F)cc1F. The molecule has 0 fully saturated rings. The van der Waals surface area contributed by atoms with Crippen molar-refractivity contribution in [2.24, 2.45) is 5.92 Å². The van der Waals surface area contributed by atoms with Gasteiger partial charge in [-0.3, -0.25) is 0 Å². The maximum atomic E-state index is 14.5. The van der Waals surface area contributed by atoms with E-state index < -0.39 is 23.2 Å². The summed E-state index contributed by atoms with van der Waals surface area (Å²) < 4.78 is 42.5. The van der Waals surface area contributed by atoms with Gasteiger partial charge in [0.05, 0.1) is 6.54 Å². The molecule has 3 rings (SSSR count). The largest absolute Gasteiger partial charge is 0.383 e. The first kappa shape index (κ1) is 19.8. The van der Waals surface area contributed by atoms with Crippen LogP contribution in [0.3, 0.4) is 0 Å². The number of benzene rings is 2. The van der Waals surface area contributed by atoms with Crippen LogP contribution in [0.15, 0.2) is 61.2 Å². The minimum Gasteiger partial charge on any atom is -0.383 e. The van der Waals surface area contributed by atoms with E-state index in [9.17, 15) is 18.3 Å². The molecule has 146 valence electrons. The van der Waals surface area contributed by atoms with Gasteiger partial charge < -0.3 is 5.11 Å². The Hall–Kier alpha value is -2.93. The van der Waals surface area contributed by atoms with Gasteiger partial charge in [0.2, 0.25) is 0 Å². The van der Waals surface area contributed by atoms with Crippen molar-refractivity contribution in [3.05, 3.63) is 89.8 Å². The Bertz CT molecular complexity index is 959. The average Bonchev–Trinajstić information content (AvgIpc) is 3.14. The lowest BCUT2D eigenvalue weighted by molar-refractivity contribution is -0.0379. The lowest BCUT2D eigenvalue weighted by Gasteiger charge is -2.34. The highest BCUT2D eigenvalue weighted by atomic mass is 19.1. The third kappa shape index (κ3) is 4.48. The smallest absolute Gasteiger partial charge is 0.137 e. The van der Waals surface area contributed by atoms with Crippen LogP contribution >= 0.6 is 0 Å². The van der Waals surface area contributed by atoms with E-state index in [2.05, 4.69) is 10.1 Å². The summed E-state index contributed by atoms with van der Waals surface area (Å²) in [5.74, 6) is -2.35. The van der Waals surface area contributed by atoms with E-state index >= 15 is 0 Å². The molecule has 0 spiro atoms. The van der Waals surface area contributed by atoms with E-state index in [1.54, 1.807) is 31.2 Å². The lowest BCUT2D eigenvalue weighted by atomic mass is 9.80. The molecule has 1 N–H and O–H groups in total. The molecular formula is C21H20F3N3O. The van der Waals surface area contributed by atoms with Gasteiger partial charge in [0.1, 0.15) is 35.7 Å². The van der Waals surface area contributed by atoms with E-state index in [-0.39, 0.29) is 17.9 Å². The molecule has 0 aliphatic carbocycles. The first-order valence-electron chi connectivity index (χ1n) is 8.81. The fourth-order valence-electron chi connectivity index (χ4n) is 3.12. The van der Waals surface area contributed by atoms with Crippen LogP contribution in [0.4, 0.5) is 13.2 Å². The highest BCUT2D eigenvalue weighted by molar-refractivity contribution is 5.49. The van der Waals surface area contributed by atoms with E-state index in [0.717, 1.165) is 12.1 Å². The summed E-state index contributed by atoms with van der Waals surface area (Å²) in [7, 11) is 0. The zero-order valence-corrected chi connectivity index (χ0v) is 15.3. The van der Waals surface area contributed by atoms with Gasteiger partial charge in [-0.1, -0.05) is 37.3 Å². The monoisotopic (exact) mass is 387 g/mol. The summed E-state index contributed by atoms with van der Waals surface area (Å²) in [4.78, 5) is 3.84. The van der Waals surface area contributed by atoms with Crippen LogP contribution in [0.2, 0.25) is 0 Å². The van der Waals surface area contributed by atoms with E-state index in [1.165, 1.54) is 35.5 Å². The van der Waals surface area contributed by atoms with Crippen molar-refractivity contribution >= 4 is 6.08 Å².